The van der Waals surface area contributed by atoms with Gasteiger partial charge < -0.3 is 14.8 Å². The van der Waals surface area contributed by atoms with Gasteiger partial charge in [0.05, 0.1) is 25.4 Å². The zero-order valence-corrected chi connectivity index (χ0v) is 17.6. The van der Waals surface area contributed by atoms with E-state index in [1.807, 2.05) is 0 Å². The van der Waals surface area contributed by atoms with E-state index in [4.69, 9.17) is 9.47 Å². The molecule has 33 heavy (non-hydrogen) atoms. The predicted octanol–water partition coefficient (Wildman–Crippen LogP) is 2.93. The van der Waals surface area contributed by atoms with Gasteiger partial charge >= 0.3 is 5.97 Å². The molecular weight excluding hydrogens is 429 g/mol. The lowest BCUT2D eigenvalue weighted by atomic mass is 10.2. The van der Waals surface area contributed by atoms with Crippen LogP contribution in [0.2, 0.25) is 0 Å². The van der Waals surface area contributed by atoms with Crippen molar-refractivity contribution in [2.24, 2.45) is 5.10 Å². The smallest absolute Gasteiger partial charge is 0.343 e. The van der Waals surface area contributed by atoms with Gasteiger partial charge in [-0.2, -0.15) is 5.10 Å². The molecule has 0 aliphatic heterocycles. The van der Waals surface area contributed by atoms with Crippen LogP contribution >= 0.6 is 0 Å². The average Bonchev–Trinajstić information content (AvgIpc) is 2.83. The number of nitrogens with one attached hydrogen (secondary N) is 2. The Morgan fingerprint density at radius 3 is 2.42 bits per heavy atom. The van der Waals surface area contributed by atoms with Crippen molar-refractivity contribution >= 4 is 24.0 Å². The maximum absolute atomic E-state index is 13.2. The molecule has 0 heterocycles. The maximum atomic E-state index is 13.2. The van der Waals surface area contributed by atoms with Crippen LogP contribution in [-0.2, 0) is 4.79 Å². The zero-order chi connectivity index (χ0) is 23.6. The summed E-state index contributed by atoms with van der Waals surface area (Å²) in [5.41, 5.74) is 3.34. The van der Waals surface area contributed by atoms with Gasteiger partial charge in [0.15, 0.2) is 11.5 Å². The Balaban J connectivity index is 1.53. The third kappa shape index (κ3) is 6.73. The van der Waals surface area contributed by atoms with Gasteiger partial charge in [-0.05, 0) is 54.1 Å². The molecule has 0 spiro atoms. The number of nitrogens with zero attached hydrogens (tertiary/aromatic N) is 1. The molecule has 0 radical (unpaired) electrons. The molecule has 9 heteroatoms. The van der Waals surface area contributed by atoms with Crippen molar-refractivity contribution in [3.05, 3.63) is 95.3 Å². The molecule has 0 saturated heterocycles. The number of carbonyl (C=O) groups is 3. The number of amides is 2. The van der Waals surface area contributed by atoms with Gasteiger partial charge in [-0.15, -0.1) is 0 Å². The highest BCUT2D eigenvalue weighted by Crippen LogP contribution is 2.28. The van der Waals surface area contributed by atoms with Crippen LogP contribution in [0, 0.1) is 5.82 Å². The van der Waals surface area contributed by atoms with Gasteiger partial charge in [-0.3, -0.25) is 9.59 Å². The lowest BCUT2D eigenvalue weighted by Gasteiger charge is -2.10. The minimum Gasteiger partial charge on any atom is -0.493 e. The average molecular weight is 449 g/mol. The minimum atomic E-state index is -0.584. The van der Waals surface area contributed by atoms with Crippen LogP contribution in [0.25, 0.3) is 0 Å². The van der Waals surface area contributed by atoms with Crippen LogP contribution in [0.4, 0.5) is 4.39 Å². The van der Waals surface area contributed by atoms with Gasteiger partial charge in [-0.25, -0.2) is 14.6 Å². The summed E-state index contributed by atoms with van der Waals surface area (Å²) in [4.78, 5) is 36.0. The Kier molecular flexibility index (Phi) is 7.85. The third-order valence-corrected chi connectivity index (χ3v) is 4.30. The van der Waals surface area contributed by atoms with Crippen molar-refractivity contribution in [1.29, 1.82) is 0 Å². The molecule has 3 rings (SSSR count). The van der Waals surface area contributed by atoms with E-state index in [2.05, 4.69) is 15.8 Å². The lowest BCUT2D eigenvalue weighted by molar-refractivity contribution is -0.120. The molecular formula is C24H20FN3O5. The molecule has 0 atom stereocenters. The molecule has 0 fully saturated rings. The molecule has 3 aromatic rings. The number of halogens is 1. The number of hydrogen-bond acceptors (Lipinski definition) is 6. The first-order chi connectivity index (χ1) is 16.0. The van der Waals surface area contributed by atoms with Crippen molar-refractivity contribution in [3.63, 3.8) is 0 Å². The second-order valence-electron chi connectivity index (χ2n) is 6.65. The van der Waals surface area contributed by atoms with E-state index in [1.165, 1.54) is 31.5 Å². The fourth-order valence-electron chi connectivity index (χ4n) is 2.69. The lowest BCUT2D eigenvalue weighted by Crippen LogP contribution is -2.34. The number of ether oxygens (including phenoxy) is 2. The van der Waals surface area contributed by atoms with E-state index >= 15 is 0 Å². The molecule has 0 aromatic heterocycles. The zero-order valence-electron chi connectivity index (χ0n) is 17.6. The Bertz CT molecular complexity index is 1180. The molecule has 168 valence electrons. The van der Waals surface area contributed by atoms with Crippen molar-refractivity contribution < 1.29 is 28.2 Å². The number of hydrazone groups is 1. The molecule has 0 saturated carbocycles. The summed E-state index contributed by atoms with van der Waals surface area (Å²) in [6.45, 7) is -0.343. The number of carbonyl (C=O) groups excluding carboxylic acids is 3. The molecule has 2 amide bonds. The summed E-state index contributed by atoms with van der Waals surface area (Å²) in [6.07, 6.45) is 1.36. The van der Waals surface area contributed by atoms with Crippen LogP contribution in [-0.4, -0.2) is 37.7 Å². The fourth-order valence-corrected chi connectivity index (χ4v) is 2.69. The highest BCUT2D eigenvalue weighted by atomic mass is 19.1. The van der Waals surface area contributed by atoms with Crippen molar-refractivity contribution in [3.8, 4) is 11.5 Å². The van der Waals surface area contributed by atoms with Crippen LogP contribution < -0.4 is 20.2 Å². The van der Waals surface area contributed by atoms with Crippen molar-refractivity contribution in [2.75, 3.05) is 13.7 Å². The summed E-state index contributed by atoms with van der Waals surface area (Å²) in [6, 6.07) is 18.4. The van der Waals surface area contributed by atoms with E-state index in [0.29, 0.717) is 16.9 Å². The Morgan fingerprint density at radius 1 is 0.939 bits per heavy atom. The summed E-state index contributed by atoms with van der Waals surface area (Å²) >= 11 is 0. The molecule has 2 N–H and O–H groups in total. The molecule has 0 unspecified atom stereocenters. The molecule has 3 aromatic carbocycles. The van der Waals surface area contributed by atoms with E-state index < -0.39 is 23.6 Å². The van der Waals surface area contributed by atoms with Gasteiger partial charge in [0.2, 0.25) is 0 Å². The molecule has 8 nitrogen and oxygen atoms in total. The molecule has 0 bridgehead atoms. The number of benzene rings is 3. The van der Waals surface area contributed by atoms with Gasteiger partial charge in [0.25, 0.3) is 11.8 Å². The first-order valence-corrected chi connectivity index (χ1v) is 9.77. The minimum absolute atomic E-state index is 0.103. The van der Waals surface area contributed by atoms with Crippen molar-refractivity contribution in [2.45, 2.75) is 0 Å². The monoisotopic (exact) mass is 449 g/mol. The quantitative estimate of drug-likeness (QED) is 0.238. The van der Waals surface area contributed by atoms with E-state index in [9.17, 15) is 18.8 Å². The molecule has 0 aliphatic carbocycles. The van der Waals surface area contributed by atoms with Crippen LogP contribution in [0.15, 0.2) is 77.9 Å². The number of hydrogen-bond donors (Lipinski definition) is 2. The summed E-state index contributed by atoms with van der Waals surface area (Å²) in [5, 5.41) is 6.19. The van der Waals surface area contributed by atoms with Gasteiger partial charge in [-0.1, -0.05) is 24.3 Å². The normalized spacial score (nSPS) is 10.5. The van der Waals surface area contributed by atoms with E-state index in [1.54, 1.807) is 48.5 Å². The predicted molar refractivity (Wildman–Crippen MR) is 119 cm³/mol. The topological polar surface area (TPSA) is 106 Å². The summed E-state index contributed by atoms with van der Waals surface area (Å²) in [7, 11) is 1.43. The van der Waals surface area contributed by atoms with Crippen LogP contribution in [0.1, 0.15) is 26.3 Å². The van der Waals surface area contributed by atoms with Crippen molar-refractivity contribution in [1.82, 2.24) is 10.7 Å². The second-order valence-corrected chi connectivity index (χ2v) is 6.65. The highest BCUT2D eigenvalue weighted by molar-refractivity contribution is 5.96. The summed E-state index contributed by atoms with van der Waals surface area (Å²) < 4.78 is 23.8. The SMILES string of the molecule is COc1cc(C=NNC(=O)CNC(=O)c2cccc(F)c2)ccc1OC(=O)c1ccccc1. The van der Waals surface area contributed by atoms with Crippen LogP contribution in [0.3, 0.4) is 0 Å². The van der Waals surface area contributed by atoms with Gasteiger partial charge in [0, 0.05) is 5.56 Å². The van der Waals surface area contributed by atoms with E-state index in [0.717, 1.165) is 6.07 Å². The Labute approximate surface area is 189 Å². The number of methoxy groups -OCH3 is 1. The first-order valence-electron chi connectivity index (χ1n) is 9.77. The Morgan fingerprint density at radius 2 is 1.70 bits per heavy atom. The maximum Gasteiger partial charge on any atom is 0.343 e. The number of rotatable bonds is 8. The molecule has 0 aliphatic rings. The largest absolute Gasteiger partial charge is 0.493 e. The second kappa shape index (κ2) is 11.2. The Hall–Kier alpha value is -4.53. The fraction of sp³-hybridized carbons (Fsp3) is 0.0833. The van der Waals surface area contributed by atoms with Gasteiger partial charge in [0.1, 0.15) is 5.82 Å². The third-order valence-electron chi connectivity index (χ3n) is 4.30. The first kappa shape index (κ1) is 23.1. The summed E-state index contributed by atoms with van der Waals surface area (Å²) in [5.74, 6) is -1.70. The highest BCUT2D eigenvalue weighted by Gasteiger charge is 2.12. The van der Waals surface area contributed by atoms with Crippen LogP contribution in [0.5, 0.6) is 11.5 Å². The number of esters is 1. The van der Waals surface area contributed by atoms with E-state index in [-0.39, 0.29) is 17.9 Å². The standard InChI is InChI=1S/C24H20FN3O5/c1-32-21-12-16(10-11-20(21)33-24(31)17-6-3-2-4-7-17)14-27-28-22(29)15-26-23(30)18-8-5-9-19(25)13-18/h2-14H,15H2,1H3,(H,26,30)(H,28,29).